The third-order valence-electron chi connectivity index (χ3n) is 3.22. The van der Waals surface area contributed by atoms with Gasteiger partial charge in [-0.15, -0.1) is 0 Å². The molecule has 2 aromatic rings. The van der Waals surface area contributed by atoms with E-state index in [1.54, 1.807) is 0 Å². The average molecular weight is 435 g/mol. The molecule has 1 aromatic carbocycles. The number of nitro benzene ring substituents is 2. The first-order chi connectivity index (χ1) is 12.6. The SMILES string of the molecule is O=C(N[C@@H](Nc1ccc([N+](=O)[O-])cc1[N+](=O)[O-])C(Cl)(Cl)Cl)c1cccnc1. The normalized spacial score (nSPS) is 12.1. The summed E-state index contributed by atoms with van der Waals surface area (Å²) in [5.41, 5.74) is -1.14. The van der Waals surface area contributed by atoms with E-state index in [4.69, 9.17) is 34.8 Å². The van der Waals surface area contributed by atoms with Crippen molar-refractivity contribution >= 4 is 57.8 Å². The van der Waals surface area contributed by atoms with Crippen LogP contribution in [0.3, 0.4) is 0 Å². The number of amides is 1. The minimum absolute atomic E-state index is 0.164. The molecular weight excluding hydrogens is 425 g/mol. The number of nitrogens with zero attached hydrogens (tertiary/aromatic N) is 3. The standard InChI is InChI=1S/C14H10Cl3N5O5/c15-14(16,17)13(20-12(23)8-2-1-5-18-7-8)19-10-4-3-9(21(24)25)6-11(10)22(26)27/h1-7,13,19H,(H,20,23)/t13-/m1/s1. The van der Waals surface area contributed by atoms with Crippen molar-refractivity contribution < 1.29 is 14.6 Å². The van der Waals surface area contributed by atoms with Crippen molar-refractivity contribution in [3.05, 3.63) is 68.5 Å². The molecule has 0 saturated carbocycles. The van der Waals surface area contributed by atoms with Gasteiger partial charge in [0.05, 0.1) is 21.5 Å². The number of anilines is 1. The minimum atomic E-state index is -2.10. The van der Waals surface area contributed by atoms with Gasteiger partial charge in [-0.3, -0.25) is 30.0 Å². The summed E-state index contributed by atoms with van der Waals surface area (Å²) in [4.78, 5) is 36.5. The Labute approximate surface area is 166 Å². The molecule has 2 rings (SSSR count). The van der Waals surface area contributed by atoms with E-state index in [1.165, 1.54) is 24.5 Å². The molecule has 0 fully saturated rings. The Hall–Kier alpha value is -2.69. The number of nitrogens with one attached hydrogen (secondary N) is 2. The Morgan fingerprint density at radius 1 is 1.15 bits per heavy atom. The van der Waals surface area contributed by atoms with E-state index in [9.17, 15) is 25.0 Å². The maximum atomic E-state index is 12.3. The first-order valence-electron chi connectivity index (χ1n) is 7.06. The summed E-state index contributed by atoms with van der Waals surface area (Å²) in [5.74, 6) is -0.656. The van der Waals surface area contributed by atoms with Crippen LogP contribution in [0.15, 0.2) is 42.7 Å². The summed E-state index contributed by atoms with van der Waals surface area (Å²) < 4.78 is -2.10. The second-order valence-electron chi connectivity index (χ2n) is 5.05. The number of benzene rings is 1. The van der Waals surface area contributed by atoms with Crippen LogP contribution < -0.4 is 10.6 Å². The Bertz CT molecular complexity index is 875. The molecule has 0 spiro atoms. The van der Waals surface area contributed by atoms with Crippen LogP contribution in [0.5, 0.6) is 0 Å². The first kappa shape index (κ1) is 20.6. The molecular formula is C14H10Cl3N5O5. The van der Waals surface area contributed by atoms with Crippen molar-refractivity contribution in [3.63, 3.8) is 0 Å². The highest BCUT2D eigenvalue weighted by Gasteiger charge is 2.36. The minimum Gasteiger partial charge on any atom is -0.356 e. The second-order valence-corrected chi connectivity index (χ2v) is 7.42. The Morgan fingerprint density at radius 2 is 1.85 bits per heavy atom. The Balaban J connectivity index is 2.33. The fourth-order valence-corrected chi connectivity index (χ4v) is 2.30. The molecule has 142 valence electrons. The lowest BCUT2D eigenvalue weighted by molar-refractivity contribution is -0.393. The number of hydrogen-bond donors (Lipinski definition) is 2. The van der Waals surface area contributed by atoms with E-state index in [0.717, 1.165) is 18.2 Å². The van der Waals surface area contributed by atoms with Crippen molar-refractivity contribution in [1.82, 2.24) is 10.3 Å². The third kappa shape index (κ3) is 5.39. The van der Waals surface area contributed by atoms with Gasteiger partial charge in [0, 0.05) is 18.5 Å². The number of hydrogen-bond acceptors (Lipinski definition) is 7. The van der Waals surface area contributed by atoms with E-state index < -0.39 is 37.1 Å². The topological polar surface area (TPSA) is 140 Å². The van der Waals surface area contributed by atoms with Gasteiger partial charge in [0.15, 0.2) is 0 Å². The molecule has 10 nitrogen and oxygen atoms in total. The summed E-state index contributed by atoms with van der Waals surface area (Å²) in [6.45, 7) is 0. The largest absolute Gasteiger partial charge is 0.356 e. The quantitative estimate of drug-likeness (QED) is 0.307. The lowest BCUT2D eigenvalue weighted by Gasteiger charge is -2.27. The van der Waals surface area contributed by atoms with Crippen LogP contribution in [0.2, 0.25) is 0 Å². The summed E-state index contributed by atoms with van der Waals surface area (Å²) in [6.07, 6.45) is 1.34. The van der Waals surface area contributed by atoms with E-state index >= 15 is 0 Å². The van der Waals surface area contributed by atoms with Gasteiger partial charge in [0.25, 0.3) is 17.3 Å². The van der Waals surface area contributed by atoms with Crippen molar-refractivity contribution in [3.8, 4) is 0 Å². The van der Waals surface area contributed by atoms with Crippen LogP contribution in [0, 0.1) is 20.2 Å². The number of carbonyl (C=O) groups excluding carboxylic acids is 1. The Morgan fingerprint density at radius 3 is 2.37 bits per heavy atom. The maximum absolute atomic E-state index is 12.3. The lowest BCUT2D eigenvalue weighted by Crippen LogP contribution is -2.49. The summed E-state index contributed by atoms with van der Waals surface area (Å²) in [6, 6.07) is 5.85. The van der Waals surface area contributed by atoms with Gasteiger partial charge in [-0.25, -0.2) is 0 Å². The number of alkyl halides is 3. The van der Waals surface area contributed by atoms with Crippen molar-refractivity contribution in [2.24, 2.45) is 0 Å². The van der Waals surface area contributed by atoms with Crippen molar-refractivity contribution in [2.45, 2.75) is 9.96 Å². The molecule has 0 aliphatic rings. The van der Waals surface area contributed by atoms with Crippen LogP contribution in [-0.4, -0.2) is 30.7 Å². The van der Waals surface area contributed by atoms with Crippen molar-refractivity contribution in [1.29, 1.82) is 0 Å². The van der Waals surface area contributed by atoms with Gasteiger partial charge in [-0.1, -0.05) is 34.8 Å². The number of nitro groups is 2. The predicted octanol–water partition coefficient (Wildman–Crippen LogP) is 3.44. The summed E-state index contributed by atoms with van der Waals surface area (Å²) >= 11 is 17.6. The van der Waals surface area contributed by atoms with Gasteiger partial charge >= 0.3 is 0 Å². The number of pyridine rings is 1. The molecule has 13 heteroatoms. The molecule has 0 aliphatic carbocycles. The van der Waals surface area contributed by atoms with Crippen LogP contribution >= 0.6 is 34.8 Å². The van der Waals surface area contributed by atoms with Crippen LogP contribution in [0.1, 0.15) is 10.4 Å². The molecule has 1 atom stereocenters. The number of non-ortho nitro benzene ring substituents is 1. The van der Waals surface area contributed by atoms with Crippen LogP contribution in [-0.2, 0) is 0 Å². The van der Waals surface area contributed by atoms with E-state index in [1.807, 2.05) is 0 Å². The van der Waals surface area contributed by atoms with Crippen molar-refractivity contribution in [2.75, 3.05) is 5.32 Å². The van der Waals surface area contributed by atoms with Gasteiger partial charge in [-0.2, -0.15) is 0 Å². The number of halogens is 3. The molecule has 0 saturated heterocycles. The zero-order valence-corrected chi connectivity index (χ0v) is 15.4. The van der Waals surface area contributed by atoms with E-state index in [0.29, 0.717) is 0 Å². The third-order valence-corrected chi connectivity index (χ3v) is 3.87. The van der Waals surface area contributed by atoms with E-state index in [-0.39, 0.29) is 11.3 Å². The number of rotatable bonds is 6. The molecule has 2 N–H and O–H groups in total. The monoisotopic (exact) mass is 433 g/mol. The zero-order chi connectivity index (χ0) is 20.2. The van der Waals surface area contributed by atoms with E-state index in [2.05, 4.69) is 15.6 Å². The van der Waals surface area contributed by atoms with Crippen LogP contribution in [0.4, 0.5) is 17.1 Å². The molecule has 0 unspecified atom stereocenters. The highest BCUT2D eigenvalue weighted by Crippen LogP contribution is 2.35. The fourth-order valence-electron chi connectivity index (χ4n) is 1.97. The smallest absolute Gasteiger partial charge is 0.299 e. The van der Waals surface area contributed by atoms with Gasteiger partial charge in [0.2, 0.25) is 3.79 Å². The molecule has 0 radical (unpaired) electrons. The van der Waals surface area contributed by atoms with Gasteiger partial charge in [0.1, 0.15) is 11.9 Å². The highest BCUT2D eigenvalue weighted by atomic mass is 35.6. The van der Waals surface area contributed by atoms with Gasteiger partial charge in [-0.05, 0) is 18.2 Å². The lowest BCUT2D eigenvalue weighted by atomic mass is 10.2. The molecule has 0 aliphatic heterocycles. The Kier molecular flexibility index (Phi) is 6.37. The highest BCUT2D eigenvalue weighted by molar-refractivity contribution is 6.68. The maximum Gasteiger partial charge on any atom is 0.299 e. The summed E-state index contributed by atoms with van der Waals surface area (Å²) in [5, 5.41) is 26.9. The molecule has 0 bridgehead atoms. The fraction of sp³-hybridized carbons (Fsp3) is 0.143. The number of carbonyl (C=O) groups is 1. The second kappa shape index (κ2) is 8.33. The predicted molar refractivity (Wildman–Crippen MR) is 99.2 cm³/mol. The average Bonchev–Trinajstić information content (AvgIpc) is 2.60. The van der Waals surface area contributed by atoms with Crippen LogP contribution in [0.25, 0.3) is 0 Å². The van der Waals surface area contributed by atoms with Gasteiger partial charge < -0.3 is 10.6 Å². The molecule has 27 heavy (non-hydrogen) atoms. The number of aromatic nitrogens is 1. The first-order valence-corrected chi connectivity index (χ1v) is 8.20. The summed E-state index contributed by atoms with van der Waals surface area (Å²) in [7, 11) is 0. The zero-order valence-electron chi connectivity index (χ0n) is 13.1. The molecule has 1 amide bonds. The molecule has 1 heterocycles. The molecule has 1 aromatic heterocycles.